The first-order chi connectivity index (χ1) is 6.89. The number of hydrogen-bond donors (Lipinski definition) is 1. The molecular weight excluding hydrogens is 214 g/mol. The number of nitrogens with zero attached hydrogens (tertiary/aromatic N) is 2. The molecule has 2 atom stereocenters. The topological polar surface area (TPSA) is 66.6 Å². The van der Waals surface area contributed by atoms with Crippen molar-refractivity contribution in [3.05, 3.63) is 0 Å². The second-order valence-electron chi connectivity index (χ2n) is 4.41. The van der Waals surface area contributed by atoms with Crippen molar-refractivity contribution in [3.63, 3.8) is 0 Å². The molecule has 15 heavy (non-hydrogen) atoms. The average Bonchev–Trinajstić information content (AvgIpc) is 2.18. The third-order valence-electron chi connectivity index (χ3n) is 3.17. The Bertz CT molecular complexity index is 302. The summed E-state index contributed by atoms with van der Waals surface area (Å²) in [4.78, 5) is 0. The summed E-state index contributed by atoms with van der Waals surface area (Å²) in [5.74, 6) is 0.803. The van der Waals surface area contributed by atoms with Gasteiger partial charge in [0.1, 0.15) is 0 Å². The van der Waals surface area contributed by atoms with Crippen molar-refractivity contribution in [1.29, 1.82) is 0 Å². The molecule has 0 aromatic carbocycles. The normalized spacial score (nSPS) is 29.7. The summed E-state index contributed by atoms with van der Waals surface area (Å²) in [6.45, 7) is 3.86. The molecule has 0 bridgehead atoms. The zero-order chi connectivity index (χ0) is 11.6. The van der Waals surface area contributed by atoms with Crippen molar-refractivity contribution >= 4 is 10.2 Å². The summed E-state index contributed by atoms with van der Waals surface area (Å²) in [5, 5.41) is 0. The lowest BCUT2D eigenvalue weighted by atomic mass is 9.88. The third-order valence-corrected chi connectivity index (χ3v) is 5.07. The molecule has 0 aromatic rings. The Kier molecular flexibility index (Phi) is 4.11. The molecule has 6 heteroatoms. The molecule has 1 saturated heterocycles. The van der Waals surface area contributed by atoms with Crippen molar-refractivity contribution in [2.24, 2.45) is 17.6 Å². The van der Waals surface area contributed by atoms with E-state index < -0.39 is 10.2 Å². The molecule has 0 aromatic heterocycles. The van der Waals surface area contributed by atoms with E-state index >= 15 is 0 Å². The van der Waals surface area contributed by atoms with Gasteiger partial charge in [-0.25, -0.2) is 0 Å². The van der Waals surface area contributed by atoms with Crippen molar-refractivity contribution in [2.45, 2.75) is 13.3 Å². The van der Waals surface area contributed by atoms with Gasteiger partial charge in [-0.05, 0) is 24.8 Å². The lowest BCUT2D eigenvalue weighted by Gasteiger charge is -2.36. The first-order valence-electron chi connectivity index (χ1n) is 5.27. The van der Waals surface area contributed by atoms with Gasteiger partial charge in [0.15, 0.2) is 0 Å². The molecule has 2 N–H and O–H groups in total. The van der Waals surface area contributed by atoms with E-state index in [9.17, 15) is 8.42 Å². The van der Waals surface area contributed by atoms with Crippen molar-refractivity contribution in [2.75, 3.05) is 33.7 Å². The van der Waals surface area contributed by atoms with Crippen LogP contribution in [0.5, 0.6) is 0 Å². The maximum absolute atomic E-state index is 11.9. The number of hydrogen-bond acceptors (Lipinski definition) is 3. The zero-order valence-electron chi connectivity index (χ0n) is 9.68. The van der Waals surface area contributed by atoms with Gasteiger partial charge in [0.05, 0.1) is 0 Å². The summed E-state index contributed by atoms with van der Waals surface area (Å²) in [5.41, 5.74) is 5.64. The molecule has 1 aliphatic rings. The minimum Gasteiger partial charge on any atom is -0.330 e. The molecule has 0 amide bonds. The van der Waals surface area contributed by atoms with Gasteiger partial charge < -0.3 is 5.73 Å². The second-order valence-corrected chi connectivity index (χ2v) is 6.55. The Morgan fingerprint density at radius 2 is 2.07 bits per heavy atom. The summed E-state index contributed by atoms with van der Waals surface area (Å²) in [6, 6.07) is 0. The molecule has 0 aliphatic carbocycles. The fraction of sp³-hybridized carbons (Fsp3) is 1.00. The lowest BCUT2D eigenvalue weighted by Crippen LogP contribution is -2.49. The summed E-state index contributed by atoms with van der Waals surface area (Å²) < 4.78 is 26.5. The van der Waals surface area contributed by atoms with Gasteiger partial charge in [-0.3, -0.25) is 0 Å². The number of rotatable bonds is 3. The molecule has 5 nitrogen and oxygen atoms in total. The Balaban J connectivity index is 2.75. The van der Waals surface area contributed by atoms with E-state index in [0.717, 1.165) is 6.42 Å². The monoisotopic (exact) mass is 235 g/mol. The van der Waals surface area contributed by atoms with E-state index in [1.54, 1.807) is 14.1 Å². The van der Waals surface area contributed by atoms with Crippen molar-refractivity contribution < 1.29 is 8.42 Å². The van der Waals surface area contributed by atoms with Crippen molar-refractivity contribution in [1.82, 2.24) is 8.61 Å². The molecular formula is C9H21N3O2S. The first kappa shape index (κ1) is 12.9. The van der Waals surface area contributed by atoms with Gasteiger partial charge in [0, 0.05) is 27.2 Å². The Morgan fingerprint density at radius 3 is 2.53 bits per heavy atom. The molecule has 1 aliphatic heterocycles. The Hall–Kier alpha value is -0.170. The fourth-order valence-corrected chi connectivity index (χ4v) is 3.04. The highest BCUT2D eigenvalue weighted by Gasteiger charge is 2.32. The minimum absolute atomic E-state index is 0.286. The maximum Gasteiger partial charge on any atom is 0.281 e. The third kappa shape index (κ3) is 2.69. The predicted molar refractivity (Wildman–Crippen MR) is 60.5 cm³/mol. The lowest BCUT2D eigenvalue weighted by molar-refractivity contribution is 0.197. The van der Waals surface area contributed by atoms with E-state index in [1.807, 2.05) is 0 Å². The van der Waals surface area contributed by atoms with Gasteiger partial charge in [-0.2, -0.15) is 17.0 Å². The van der Waals surface area contributed by atoms with Gasteiger partial charge >= 0.3 is 0 Å². The van der Waals surface area contributed by atoms with Crippen LogP contribution in [0.15, 0.2) is 0 Å². The molecule has 1 rings (SSSR count). The Morgan fingerprint density at radius 1 is 1.47 bits per heavy atom. The highest BCUT2D eigenvalue weighted by atomic mass is 32.2. The van der Waals surface area contributed by atoms with E-state index in [4.69, 9.17) is 5.73 Å². The molecule has 90 valence electrons. The van der Waals surface area contributed by atoms with Gasteiger partial charge in [-0.15, -0.1) is 0 Å². The van der Waals surface area contributed by atoms with Crippen LogP contribution < -0.4 is 5.73 Å². The second kappa shape index (κ2) is 4.78. The van der Waals surface area contributed by atoms with Crippen LogP contribution in [0.4, 0.5) is 0 Å². The van der Waals surface area contributed by atoms with Crippen LogP contribution in [-0.2, 0) is 10.2 Å². The smallest absolute Gasteiger partial charge is 0.281 e. The molecule has 0 spiro atoms. The molecule has 1 fully saturated rings. The Labute approximate surface area is 92.4 Å². The van der Waals surface area contributed by atoms with Crippen LogP contribution in [0, 0.1) is 11.8 Å². The number of nitrogens with two attached hydrogens (primary N) is 1. The van der Waals surface area contributed by atoms with Crippen molar-refractivity contribution in [3.8, 4) is 0 Å². The summed E-state index contributed by atoms with van der Waals surface area (Å²) in [6.07, 6.45) is 0.898. The molecule has 0 radical (unpaired) electrons. The van der Waals surface area contributed by atoms with E-state index in [-0.39, 0.29) is 5.92 Å². The first-order valence-corrected chi connectivity index (χ1v) is 6.67. The molecule has 1 heterocycles. The minimum atomic E-state index is -3.26. The highest BCUT2D eigenvalue weighted by Crippen LogP contribution is 2.24. The number of piperidine rings is 1. The van der Waals surface area contributed by atoms with Crippen LogP contribution in [-0.4, -0.2) is 50.8 Å². The summed E-state index contributed by atoms with van der Waals surface area (Å²) in [7, 11) is -0.135. The van der Waals surface area contributed by atoms with E-state index in [2.05, 4.69) is 6.92 Å². The van der Waals surface area contributed by atoms with Crippen LogP contribution in [0.2, 0.25) is 0 Å². The molecule has 2 unspecified atom stereocenters. The van der Waals surface area contributed by atoms with Gasteiger partial charge in [0.2, 0.25) is 0 Å². The van der Waals surface area contributed by atoms with Crippen LogP contribution in [0.3, 0.4) is 0 Å². The zero-order valence-corrected chi connectivity index (χ0v) is 10.5. The largest absolute Gasteiger partial charge is 0.330 e. The van der Waals surface area contributed by atoms with Crippen LogP contribution >= 0.6 is 0 Å². The van der Waals surface area contributed by atoms with E-state index in [1.165, 1.54) is 8.61 Å². The van der Waals surface area contributed by atoms with Gasteiger partial charge in [0.25, 0.3) is 10.2 Å². The van der Waals surface area contributed by atoms with Crippen LogP contribution in [0.25, 0.3) is 0 Å². The van der Waals surface area contributed by atoms with E-state index in [0.29, 0.717) is 25.6 Å². The van der Waals surface area contributed by atoms with Gasteiger partial charge in [-0.1, -0.05) is 6.92 Å². The quantitative estimate of drug-likeness (QED) is 0.731. The fourth-order valence-electron chi connectivity index (χ4n) is 1.86. The average molecular weight is 235 g/mol. The predicted octanol–water partition coefficient (Wildman–Crippen LogP) is -0.290. The SMILES string of the molecule is CC1CCN(S(=O)(=O)N(C)C)CC1CN. The standard InChI is InChI=1S/C9H21N3O2S/c1-8-4-5-12(7-9(8)6-10)15(13,14)11(2)3/h8-9H,4-7,10H2,1-3H3. The van der Waals surface area contributed by atoms with Crippen LogP contribution in [0.1, 0.15) is 13.3 Å². The summed E-state index contributed by atoms with van der Waals surface area (Å²) >= 11 is 0. The highest BCUT2D eigenvalue weighted by molar-refractivity contribution is 7.86. The maximum atomic E-state index is 11.9. The molecule has 0 saturated carbocycles.